The van der Waals surface area contributed by atoms with Crippen LogP contribution in [-0.2, 0) is 53.0 Å². The van der Waals surface area contributed by atoms with Crippen LogP contribution in [0.1, 0.15) is 16.7 Å². The highest BCUT2D eigenvalue weighted by Crippen LogP contribution is 2.57. The predicted octanol–water partition coefficient (Wildman–Crippen LogP) is 4.96. The Bertz CT molecular complexity index is 1810. The van der Waals surface area contributed by atoms with Crippen LogP contribution in [0.4, 0.5) is 0 Å². The smallest absolute Gasteiger partial charge is 0.315 e. The third kappa shape index (κ3) is 7.67. The molecule has 270 valence electrons. The quantitative estimate of drug-likeness (QED) is 0.0931. The molecule has 11 unspecified atom stereocenters. The molecule has 18 nitrogen and oxygen atoms in total. The van der Waals surface area contributed by atoms with Gasteiger partial charge in [-0.3, -0.25) is 4.79 Å². The first-order valence-electron chi connectivity index (χ1n) is 16.4. The number of esters is 1. The van der Waals surface area contributed by atoms with Crippen molar-refractivity contribution in [2.75, 3.05) is 6.61 Å². The van der Waals surface area contributed by atoms with Crippen molar-refractivity contribution in [2.45, 2.75) is 74.6 Å². The second kappa shape index (κ2) is 16.9. The van der Waals surface area contributed by atoms with Gasteiger partial charge in [-0.15, -0.1) is 0 Å². The van der Waals surface area contributed by atoms with Crippen LogP contribution in [0.25, 0.3) is 31.3 Å². The largest absolute Gasteiger partial charge is 0.460 e. The van der Waals surface area contributed by atoms with Gasteiger partial charge in [0.25, 0.3) is 0 Å². The fourth-order valence-corrected chi connectivity index (χ4v) is 6.83. The molecule has 2 saturated heterocycles. The van der Waals surface area contributed by atoms with Crippen molar-refractivity contribution < 1.29 is 43.4 Å². The van der Waals surface area contributed by atoms with E-state index in [0.29, 0.717) is 5.56 Å². The summed E-state index contributed by atoms with van der Waals surface area (Å²) in [5, 5.41) is 33.7. The van der Waals surface area contributed by atoms with E-state index >= 15 is 0 Å². The number of ether oxygens (including phenoxy) is 6. The molecular formula is C34H35N9O9. The van der Waals surface area contributed by atoms with E-state index in [1.807, 2.05) is 60.7 Å². The molecule has 3 fully saturated rings. The number of carbonyl (C=O) groups is 1. The molecule has 0 aromatic heterocycles. The first-order valence-corrected chi connectivity index (χ1v) is 16.4. The van der Waals surface area contributed by atoms with Gasteiger partial charge in [-0.25, -0.2) is 0 Å². The Labute approximate surface area is 296 Å². The number of hydrogen-bond donors (Lipinski definition) is 2. The summed E-state index contributed by atoms with van der Waals surface area (Å²) >= 11 is 0. The highest BCUT2D eigenvalue weighted by Gasteiger charge is 2.74. The number of aliphatic hydroxyl groups is 2. The lowest BCUT2D eigenvalue weighted by Crippen LogP contribution is -2.62. The van der Waals surface area contributed by atoms with Crippen molar-refractivity contribution in [1.29, 1.82) is 0 Å². The van der Waals surface area contributed by atoms with E-state index in [9.17, 15) is 31.6 Å². The molecule has 1 saturated carbocycles. The van der Waals surface area contributed by atoms with Gasteiger partial charge < -0.3 is 38.6 Å². The lowest BCUT2D eigenvalue weighted by molar-refractivity contribution is -0.337. The van der Waals surface area contributed by atoms with E-state index in [2.05, 4.69) is 30.1 Å². The molecule has 3 aromatic carbocycles. The number of rotatable bonds is 15. The molecule has 3 aromatic rings. The van der Waals surface area contributed by atoms with Crippen LogP contribution >= 0.6 is 0 Å². The Kier molecular flexibility index (Phi) is 11.9. The van der Waals surface area contributed by atoms with Gasteiger partial charge >= 0.3 is 5.97 Å². The molecule has 1 aliphatic carbocycles. The zero-order valence-corrected chi connectivity index (χ0v) is 27.5. The van der Waals surface area contributed by atoms with Gasteiger partial charge in [-0.1, -0.05) is 106 Å². The van der Waals surface area contributed by atoms with E-state index in [4.69, 9.17) is 28.4 Å². The van der Waals surface area contributed by atoms with Crippen molar-refractivity contribution in [3.05, 3.63) is 139 Å². The Morgan fingerprint density at radius 2 is 1.35 bits per heavy atom. The third-order valence-corrected chi connectivity index (χ3v) is 9.23. The standard InChI is InChI=1S/C34H35N9O9/c35-41-38-26-24-32(46)52-34(24,40-43-37)25(31(45)49-18-22-14-8-3-9-15-22)29(26)51-33-27(39-42-36)30(48-17-21-12-6-2-7-13-21)28(44)23(50-33)19-47-16-20-10-4-1-5-11-20/h1-15,23-30,32-33,44,46H,16-19H2. The van der Waals surface area contributed by atoms with E-state index < -0.39 is 72.6 Å². The summed E-state index contributed by atoms with van der Waals surface area (Å²) in [5.74, 6) is -3.79. The number of carbonyl (C=O) groups excluding carboxylic acids is 1. The van der Waals surface area contributed by atoms with Crippen molar-refractivity contribution in [1.82, 2.24) is 0 Å². The zero-order valence-electron chi connectivity index (χ0n) is 27.5. The first-order chi connectivity index (χ1) is 25.4. The summed E-state index contributed by atoms with van der Waals surface area (Å²) in [5.41, 5.74) is 29.0. The number of azide groups is 3. The molecule has 2 aliphatic heterocycles. The van der Waals surface area contributed by atoms with Crippen LogP contribution in [0.5, 0.6) is 0 Å². The molecule has 6 rings (SSSR count). The average Bonchev–Trinajstić information content (AvgIpc) is 3.36. The molecule has 2 heterocycles. The van der Waals surface area contributed by atoms with E-state index in [-0.39, 0.29) is 26.4 Å². The van der Waals surface area contributed by atoms with Gasteiger partial charge in [-0.05, 0) is 33.3 Å². The fourth-order valence-electron chi connectivity index (χ4n) is 6.83. The van der Waals surface area contributed by atoms with Gasteiger partial charge in [0.05, 0.1) is 44.0 Å². The van der Waals surface area contributed by atoms with Gasteiger partial charge in [0.2, 0.25) is 0 Å². The van der Waals surface area contributed by atoms with Crippen LogP contribution < -0.4 is 0 Å². The summed E-state index contributed by atoms with van der Waals surface area (Å²) in [7, 11) is 0. The van der Waals surface area contributed by atoms with Crippen molar-refractivity contribution in [2.24, 2.45) is 27.2 Å². The van der Waals surface area contributed by atoms with Crippen LogP contribution in [0, 0.1) is 11.8 Å². The number of benzene rings is 3. The van der Waals surface area contributed by atoms with Crippen LogP contribution in [0.3, 0.4) is 0 Å². The van der Waals surface area contributed by atoms with Gasteiger partial charge in [0, 0.05) is 14.7 Å². The minimum absolute atomic E-state index is 0.00560. The minimum Gasteiger partial charge on any atom is -0.460 e. The highest BCUT2D eigenvalue weighted by molar-refractivity contribution is 5.76. The number of hydrogen-bond acceptors (Lipinski definition) is 12. The summed E-state index contributed by atoms with van der Waals surface area (Å²) in [4.78, 5) is 22.7. The first kappa shape index (κ1) is 36.6. The van der Waals surface area contributed by atoms with E-state index in [1.165, 1.54) is 0 Å². The Morgan fingerprint density at radius 3 is 1.92 bits per heavy atom. The summed E-state index contributed by atoms with van der Waals surface area (Å²) in [6, 6.07) is 24.4. The Balaban J connectivity index is 1.33. The average molecular weight is 714 g/mol. The summed E-state index contributed by atoms with van der Waals surface area (Å²) < 4.78 is 35.9. The van der Waals surface area contributed by atoms with E-state index in [1.54, 1.807) is 30.3 Å². The van der Waals surface area contributed by atoms with Gasteiger partial charge in [-0.2, -0.15) is 0 Å². The molecule has 0 spiro atoms. The highest BCUT2D eigenvalue weighted by atomic mass is 16.7. The molecule has 11 atom stereocenters. The second-order valence-electron chi connectivity index (χ2n) is 12.3. The third-order valence-electron chi connectivity index (χ3n) is 9.23. The molecular weight excluding hydrogens is 678 g/mol. The number of aliphatic hydroxyl groups excluding tert-OH is 2. The van der Waals surface area contributed by atoms with E-state index in [0.717, 1.165) is 11.1 Å². The number of fused-ring (bicyclic) bond motifs is 1. The van der Waals surface area contributed by atoms with Crippen LogP contribution in [0.2, 0.25) is 0 Å². The Morgan fingerprint density at radius 1 is 0.769 bits per heavy atom. The molecule has 0 amide bonds. The molecule has 3 aliphatic rings. The maximum Gasteiger partial charge on any atom is 0.315 e. The maximum absolute atomic E-state index is 13.9. The lowest BCUT2D eigenvalue weighted by Gasteiger charge is -2.48. The van der Waals surface area contributed by atoms with Crippen LogP contribution in [-0.4, -0.2) is 77.6 Å². The van der Waals surface area contributed by atoms with Gasteiger partial charge in [0.1, 0.15) is 30.8 Å². The van der Waals surface area contributed by atoms with Crippen molar-refractivity contribution in [3.63, 3.8) is 0 Å². The summed E-state index contributed by atoms with van der Waals surface area (Å²) in [6.45, 7) is -0.162. The molecule has 0 bridgehead atoms. The molecule has 52 heavy (non-hydrogen) atoms. The van der Waals surface area contributed by atoms with Crippen molar-refractivity contribution in [3.8, 4) is 0 Å². The topological polar surface area (TPSA) is 259 Å². The van der Waals surface area contributed by atoms with Crippen molar-refractivity contribution >= 4 is 5.97 Å². The lowest BCUT2D eigenvalue weighted by atomic mass is 9.86. The normalized spacial score (nSPS) is 31.8. The SMILES string of the molecule is [N-]=[N+]=NC1C(OC2C(N=[N+]=[N-])C3C(O)OC3(N=[N+]=[N-])C2C(=O)OCc2ccccc2)OC(COCc2ccccc2)C(O)C1OCc1ccccc1. The number of nitrogens with zero attached hydrogens (tertiary/aromatic N) is 9. The predicted molar refractivity (Wildman–Crippen MR) is 179 cm³/mol. The molecule has 0 radical (unpaired) electrons. The maximum atomic E-state index is 13.9. The van der Waals surface area contributed by atoms with Gasteiger partial charge in [0.15, 0.2) is 18.3 Å². The Hall–Kier alpha value is -5.22. The minimum atomic E-state index is -2.07. The second-order valence-corrected chi connectivity index (χ2v) is 12.3. The molecule has 18 heteroatoms. The zero-order chi connectivity index (χ0) is 36.5. The monoisotopic (exact) mass is 713 g/mol. The fraction of sp³-hybridized carbons (Fsp3) is 0.441. The van der Waals surface area contributed by atoms with Crippen LogP contribution in [0.15, 0.2) is 106 Å². The summed E-state index contributed by atoms with van der Waals surface area (Å²) in [6.07, 6.45) is -8.44. The molecule has 2 N–H and O–H groups in total.